The number of hydrogen-bond donors (Lipinski definition) is 1. The summed E-state index contributed by atoms with van der Waals surface area (Å²) in [5.74, 6) is -1.55. The van der Waals surface area contributed by atoms with Crippen LogP contribution in [0, 0.1) is 0 Å². The molecule has 0 aliphatic heterocycles. The van der Waals surface area contributed by atoms with Crippen molar-refractivity contribution in [1.82, 2.24) is 10.1 Å². The van der Waals surface area contributed by atoms with Gasteiger partial charge in [-0.3, -0.25) is 0 Å². The highest BCUT2D eigenvalue weighted by Gasteiger charge is 2.38. The second kappa shape index (κ2) is 3.87. The molecule has 4 nitrogen and oxygen atoms in total. The van der Waals surface area contributed by atoms with E-state index < -0.39 is 18.0 Å². The molecule has 0 saturated carbocycles. The van der Waals surface area contributed by atoms with E-state index in [-0.39, 0.29) is 5.89 Å². The molecule has 0 saturated heterocycles. The summed E-state index contributed by atoms with van der Waals surface area (Å²) in [7, 11) is 0. The van der Waals surface area contributed by atoms with Gasteiger partial charge >= 0.3 is 6.18 Å². The molecule has 0 radical (unpaired) electrons. The van der Waals surface area contributed by atoms with Gasteiger partial charge in [0.2, 0.25) is 5.89 Å². The molecule has 2 heterocycles. The van der Waals surface area contributed by atoms with Gasteiger partial charge in [0.05, 0.1) is 0 Å². The molecule has 8 heteroatoms. The second-order valence-electron chi connectivity index (χ2n) is 2.95. The fraction of sp³-hybridized carbons (Fsp3) is 0.250. The van der Waals surface area contributed by atoms with E-state index in [1.807, 2.05) is 0 Å². The number of thiophene rings is 1. The van der Waals surface area contributed by atoms with E-state index in [1.165, 1.54) is 11.3 Å². The van der Waals surface area contributed by atoms with Crippen LogP contribution in [0.5, 0.6) is 0 Å². The molecule has 0 spiro atoms. The van der Waals surface area contributed by atoms with Gasteiger partial charge in [-0.15, -0.1) is 11.3 Å². The van der Waals surface area contributed by atoms with E-state index in [1.54, 1.807) is 17.5 Å². The fourth-order valence-corrected chi connectivity index (χ4v) is 1.79. The predicted molar refractivity (Wildman–Crippen MR) is 49.6 cm³/mol. The van der Waals surface area contributed by atoms with Gasteiger partial charge in [0, 0.05) is 4.88 Å². The van der Waals surface area contributed by atoms with Gasteiger partial charge in [-0.25, -0.2) is 0 Å². The molecule has 2 rings (SSSR count). The monoisotopic (exact) mass is 249 g/mol. The van der Waals surface area contributed by atoms with Crippen LogP contribution in [0.4, 0.5) is 13.2 Å². The molecule has 1 unspecified atom stereocenters. The molecule has 2 aromatic heterocycles. The first-order chi connectivity index (χ1) is 7.48. The highest BCUT2D eigenvalue weighted by atomic mass is 32.1. The maximum Gasteiger partial charge on any atom is 0.455 e. The first-order valence-electron chi connectivity index (χ1n) is 4.18. The van der Waals surface area contributed by atoms with Crippen molar-refractivity contribution in [3.63, 3.8) is 0 Å². The van der Waals surface area contributed by atoms with E-state index in [9.17, 15) is 13.2 Å². The molecular weight excluding hydrogens is 243 g/mol. The van der Waals surface area contributed by atoms with Gasteiger partial charge in [-0.1, -0.05) is 11.2 Å². The smallest absolute Gasteiger partial charge is 0.337 e. The summed E-state index contributed by atoms with van der Waals surface area (Å²) in [6, 6.07) is 2.61. The van der Waals surface area contributed by atoms with E-state index in [4.69, 9.17) is 5.73 Å². The lowest BCUT2D eigenvalue weighted by atomic mass is 10.2. The predicted octanol–water partition coefficient (Wildman–Crippen LogP) is 2.20. The number of rotatable bonds is 2. The molecule has 2 aromatic rings. The first-order valence-corrected chi connectivity index (χ1v) is 5.06. The lowest BCUT2D eigenvalue weighted by Crippen LogP contribution is -2.12. The van der Waals surface area contributed by atoms with Crippen LogP contribution in [0.3, 0.4) is 0 Å². The number of hydrogen-bond acceptors (Lipinski definition) is 5. The summed E-state index contributed by atoms with van der Waals surface area (Å²) in [4.78, 5) is 3.88. The van der Waals surface area contributed by atoms with Crippen LogP contribution in [0.1, 0.15) is 22.6 Å². The number of nitrogens with two attached hydrogens (primary N) is 1. The van der Waals surface area contributed by atoms with Crippen LogP contribution in [-0.4, -0.2) is 10.1 Å². The summed E-state index contributed by atoms with van der Waals surface area (Å²) in [5, 5.41) is 4.59. The van der Waals surface area contributed by atoms with Gasteiger partial charge in [0.25, 0.3) is 5.82 Å². The third-order valence-corrected chi connectivity index (χ3v) is 2.77. The zero-order valence-electron chi connectivity index (χ0n) is 7.73. The number of aromatic nitrogens is 2. The summed E-state index contributed by atoms with van der Waals surface area (Å²) in [6.07, 6.45) is -4.61. The number of alkyl halides is 3. The first kappa shape index (κ1) is 11.1. The minimum Gasteiger partial charge on any atom is -0.337 e. The van der Waals surface area contributed by atoms with Crippen LogP contribution < -0.4 is 5.73 Å². The maximum atomic E-state index is 12.2. The fourth-order valence-electron chi connectivity index (χ4n) is 1.07. The Bertz CT molecular complexity index is 465. The Kier molecular flexibility index (Phi) is 2.68. The third kappa shape index (κ3) is 2.07. The minimum atomic E-state index is -4.61. The topological polar surface area (TPSA) is 64.9 Å². The van der Waals surface area contributed by atoms with Crippen molar-refractivity contribution in [2.24, 2.45) is 5.73 Å². The standard InChI is InChI=1S/C8H6F3N3OS/c9-8(10,11)7-13-6(15-14-7)5(12)4-2-1-3-16-4/h1-3,5H,12H2. The second-order valence-corrected chi connectivity index (χ2v) is 3.93. The van der Waals surface area contributed by atoms with Crippen molar-refractivity contribution in [3.05, 3.63) is 34.1 Å². The van der Waals surface area contributed by atoms with Crippen LogP contribution in [0.15, 0.2) is 22.0 Å². The summed E-state index contributed by atoms with van der Waals surface area (Å²) in [6.45, 7) is 0. The molecule has 86 valence electrons. The van der Waals surface area contributed by atoms with Crippen molar-refractivity contribution in [2.75, 3.05) is 0 Å². The van der Waals surface area contributed by atoms with E-state index in [0.717, 1.165) is 0 Å². The largest absolute Gasteiger partial charge is 0.455 e. The molecule has 0 aliphatic rings. The number of nitrogens with zero attached hydrogens (tertiary/aromatic N) is 2. The minimum absolute atomic E-state index is 0.241. The Morgan fingerprint density at radius 3 is 2.69 bits per heavy atom. The molecule has 16 heavy (non-hydrogen) atoms. The average molecular weight is 249 g/mol. The summed E-state index contributed by atoms with van der Waals surface area (Å²) >= 11 is 1.31. The molecule has 0 fully saturated rings. The quantitative estimate of drug-likeness (QED) is 0.886. The highest BCUT2D eigenvalue weighted by Crippen LogP contribution is 2.29. The van der Waals surface area contributed by atoms with Gasteiger partial charge in [0.15, 0.2) is 0 Å². The van der Waals surface area contributed by atoms with Crippen LogP contribution in [0.2, 0.25) is 0 Å². The third-order valence-electron chi connectivity index (χ3n) is 1.81. The van der Waals surface area contributed by atoms with Gasteiger partial charge in [-0.05, 0) is 11.4 Å². The molecule has 0 aliphatic carbocycles. The molecule has 0 aromatic carbocycles. The molecule has 0 amide bonds. The molecular formula is C8H6F3N3OS. The Morgan fingerprint density at radius 1 is 1.44 bits per heavy atom. The van der Waals surface area contributed by atoms with Crippen molar-refractivity contribution >= 4 is 11.3 Å². The zero-order chi connectivity index (χ0) is 11.8. The highest BCUT2D eigenvalue weighted by molar-refractivity contribution is 7.10. The van der Waals surface area contributed by atoms with Crippen LogP contribution in [-0.2, 0) is 6.18 Å². The van der Waals surface area contributed by atoms with Crippen molar-refractivity contribution in [2.45, 2.75) is 12.2 Å². The Balaban J connectivity index is 2.26. The average Bonchev–Trinajstić information content (AvgIpc) is 2.87. The van der Waals surface area contributed by atoms with Gasteiger partial charge in [0.1, 0.15) is 6.04 Å². The van der Waals surface area contributed by atoms with E-state index >= 15 is 0 Å². The van der Waals surface area contributed by atoms with Crippen molar-refractivity contribution in [1.29, 1.82) is 0 Å². The molecule has 1 atom stereocenters. The zero-order valence-corrected chi connectivity index (χ0v) is 8.55. The summed E-state index contributed by atoms with van der Waals surface area (Å²) < 4.78 is 41.0. The van der Waals surface area contributed by atoms with Crippen molar-refractivity contribution in [3.8, 4) is 0 Å². The van der Waals surface area contributed by atoms with Crippen molar-refractivity contribution < 1.29 is 17.7 Å². The lowest BCUT2D eigenvalue weighted by molar-refractivity contribution is -0.146. The van der Waals surface area contributed by atoms with Crippen LogP contribution in [0.25, 0.3) is 0 Å². The lowest BCUT2D eigenvalue weighted by Gasteiger charge is -2.02. The normalized spacial score (nSPS) is 14.0. The Hall–Kier alpha value is -1.41. The van der Waals surface area contributed by atoms with Gasteiger partial charge in [-0.2, -0.15) is 18.2 Å². The SMILES string of the molecule is NC(c1nc(C(F)(F)F)no1)c1cccs1. The summed E-state index contributed by atoms with van der Waals surface area (Å²) in [5.41, 5.74) is 5.66. The Morgan fingerprint density at radius 2 is 2.19 bits per heavy atom. The van der Waals surface area contributed by atoms with E-state index in [0.29, 0.717) is 4.88 Å². The molecule has 0 bridgehead atoms. The number of halogens is 3. The maximum absolute atomic E-state index is 12.2. The Labute approximate surface area is 91.9 Å². The van der Waals surface area contributed by atoms with Crippen LogP contribution >= 0.6 is 11.3 Å². The van der Waals surface area contributed by atoms with Gasteiger partial charge < -0.3 is 10.3 Å². The molecule has 2 N–H and O–H groups in total. The van der Waals surface area contributed by atoms with E-state index in [2.05, 4.69) is 14.7 Å².